The highest BCUT2D eigenvalue weighted by molar-refractivity contribution is 5.92. The summed E-state index contributed by atoms with van der Waals surface area (Å²) in [5, 5.41) is 17.2. The van der Waals surface area contributed by atoms with Crippen LogP contribution in [0.4, 0.5) is 8.78 Å². The molecule has 0 radical (unpaired) electrons. The number of rotatable bonds is 8. The van der Waals surface area contributed by atoms with E-state index in [0.717, 1.165) is 28.3 Å². The second-order valence-corrected chi connectivity index (χ2v) is 8.81. The fourth-order valence-electron chi connectivity index (χ4n) is 3.86. The third-order valence-corrected chi connectivity index (χ3v) is 5.99. The Hall–Kier alpha value is -4.64. The second kappa shape index (κ2) is 11.4. The Morgan fingerprint density at radius 1 is 1.05 bits per heavy atom. The van der Waals surface area contributed by atoms with Crippen LogP contribution in [0.2, 0.25) is 0 Å². The summed E-state index contributed by atoms with van der Waals surface area (Å²) >= 11 is 0. The zero-order valence-electron chi connectivity index (χ0n) is 20.5. The molecule has 0 saturated carbocycles. The van der Waals surface area contributed by atoms with Gasteiger partial charge in [-0.05, 0) is 54.8 Å². The minimum atomic E-state index is -0.727. The van der Waals surface area contributed by atoms with Crippen LogP contribution in [0.15, 0.2) is 73.1 Å². The van der Waals surface area contributed by atoms with Crippen LogP contribution in [0.3, 0.4) is 0 Å². The van der Waals surface area contributed by atoms with Crippen LogP contribution < -0.4 is 0 Å². The monoisotopic (exact) mass is 497 g/mol. The summed E-state index contributed by atoms with van der Waals surface area (Å²) in [6, 6.07) is 18.5. The Morgan fingerprint density at radius 2 is 1.84 bits per heavy atom. The molecule has 8 heteroatoms. The summed E-state index contributed by atoms with van der Waals surface area (Å²) in [7, 11) is 0. The van der Waals surface area contributed by atoms with Crippen LogP contribution in [-0.4, -0.2) is 25.6 Å². The lowest BCUT2D eigenvalue weighted by Gasteiger charge is -2.22. The molecule has 1 aromatic heterocycles. The molecule has 0 aliphatic rings. The molecule has 0 aliphatic heterocycles. The number of hydrogen-bond acceptors (Lipinski definition) is 4. The highest BCUT2D eigenvalue weighted by atomic mass is 19.1. The molecule has 0 bridgehead atoms. The predicted molar refractivity (Wildman–Crippen MR) is 136 cm³/mol. The van der Waals surface area contributed by atoms with Crippen LogP contribution in [0.25, 0.3) is 6.08 Å². The zero-order valence-corrected chi connectivity index (χ0v) is 20.5. The summed E-state index contributed by atoms with van der Waals surface area (Å²) in [4.78, 5) is 14.8. The lowest BCUT2D eigenvalue weighted by molar-refractivity contribution is -0.127. The highest BCUT2D eigenvalue weighted by Gasteiger charge is 2.18. The van der Waals surface area contributed by atoms with E-state index < -0.39 is 11.6 Å². The third kappa shape index (κ3) is 6.53. The van der Waals surface area contributed by atoms with Gasteiger partial charge < -0.3 is 9.47 Å². The van der Waals surface area contributed by atoms with Crippen LogP contribution in [0.1, 0.15) is 39.2 Å². The Kier molecular flexibility index (Phi) is 7.84. The lowest BCUT2D eigenvalue weighted by atomic mass is 10.1. The van der Waals surface area contributed by atoms with Gasteiger partial charge in [-0.3, -0.25) is 4.79 Å². The van der Waals surface area contributed by atoms with Crippen molar-refractivity contribution >= 4 is 12.0 Å². The van der Waals surface area contributed by atoms with Gasteiger partial charge in [-0.1, -0.05) is 42.0 Å². The van der Waals surface area contributed by atoms with Gasteiger partial charge in [0.15, 0.2) is 5.82 Å². The number of hydrogen-bond donors (Lipinski definition) is 0. The first kappa shape index (κ1) is 25.5. The Morgan fingerprint density at radius 3 is 2.57 bits per heavy atom. The maximum atomic E-state index is 14.5. The van der Waals surface area contributed by atoms with Crippen molar-refractivity contribution in [2.75, 3.05) is 0 Å². The van der Waals surface area contributed by atoms with Crippen molar-refractivity contribution < 1.29 is 13.6 Å². The molecule has 6 nitrogen and oxygen atoms in total. The topological polar surface area (TPSA) is 74.8 Å². The van der Waals surface area contributed by atoms with Crippen molar-refractivity contribution in [1.29, 1.82) is 5.26 Å². The van der Waals surface area contributed by atoms with Gasteiger partial charge in [0.05, 0.1) is 24.7 Å². The first-order valence-corrected chi connectivity index (χ1v) is 11.7. The molecule has 0 unspecified atom stereocenters. The molecule has 0 aliphatic carbocycles. The van der Waals surface area contributed by atoms with E-state index in [4.69, 9.17) is 5.26 Å². The molecular weight excluding hydrogens is 472 g/mol. The van der Waals surface area contributed by atoms with Crippen LogP contribution >= 0.6 is 0 Å². The number of nitrogens with zero attached hydrogens (tertiary/aromatic N) is 5. The van der Waals surface area contributed by atoms with Gasteiger partial charge in [-0.25, -0.2) is 8.78 Å². The van der Waals surface area contributed by atoms with E-state index in [1.165, 1.54) is 23.1 Å². The fraction of sp³-hybridized carbons (Fsp3) is 0.172. The average Bonchev–Trinajstić information content (AvgIpc) is 3.32. The fourth-order valence-corrected chi connectivity index (χ4v) is 3.86. The smallest absolute Gasteiger partial charge is 0.247 e. The summed E-state index contributed by atoms with van der Waals surface area (Å²) in [5.74, 6) is -1.26. The number of aromatic nitrogens is 3. The lowest BCUT2D eigenvalue weighted by Crippen LogP contribution is -2.30. The normalized spacial score (nSPS) is 11.0. The van der Waals surface area contributed by atoms with Gasteiger partial charge in [0.1, 0.15) is 18.0 Å². The van der Waals surface area contributed by atoms with Crippen molar-refractivity contribution in [3.63, 3.8) is 0 Å². The molecule has 3 aromatic carbocycles. The Bertz CT molecular complexity index is 1490. The summed E-state index contributed by atoms with van der Waals surface area (Å²) in [6.07, 6.45) is 4.74. The first-order valence-electron chi connectivity index (χ1n) is 11.7. The van der Waals surface area contributed by atoms with Gasteiger partial charge >= 0.3 is 0 Å². The standard InChI is InChI=1S/C29H25F2N5O/c1-20-3-4-21(2)24(13-20)10-12-29(37)35(17-25-9-11-26(30)14-27(25)31)18-28-34-33-19-36(28)16-23-7-5-22(15-32)6-8-23/h3-14,19H,16-18H2,1-2H3. The number of amides is 1. The van der Waals surface area contributed by atoms with Crippen LogP contribution in [-0.2, 0) is 24.4 Å². The molecule has 37 heavy (non-hydrogen) atoms. The van der Waals surface area contributed by atoms with Crippen molar-refractivity contribution in [1.82, 2.24) is 19.7 Å². The molecule has 0 fully saturated rings. The molecule has 4 aromatic rings. The average molecular weight is 498 g/mol. The van der Waals surface area contributed by atoms with Crippen LogP contribution in [0, 0.1) is 36.8 Å². The zero-order chi connectivity index (χ0) is 26.4. The summed E-state index contributed by atoms with van der Waals surface area (Å²) in [5.41, 5.74) is 4.67. The molecular formula is C29H25F2N5O. The van der Waals surface area contributed by atoms with Crippen LogP contribution in [0.5, 0.6) is 0 Å². The highest BCUT2D eigenvalue weighted by Crippen LogP contribution is 2.17. The van der Waals surface area contributed by atoms with Crippen molar-refractivity contribution in [2.24, 2.45) is 0 Å². The van der Waals surface area contributed by atoms with Crippen molar-refractivity contribution in [3.8, 4) is 6.07 Å². The van der Waals surface area contributed by atoms with E-state index in [1.54, 1.807) is 29.1 Å². The minimum Gasteiger partial charge on any atom is -0.327 e. The molecule has 0 N–H and O–H groups in total. The molecule has 0 atom stereocenters. The van der Waals surface area contributed by atoms with E-state index in [2.05, 4.69) is 16.3 Å². The molecule has 1 heterocycles. The van der Waals surface area contributed by atoms with E-state index in [9.17, 15) is 13.6 Å². The molecule has 0 spiro atoms. The number of carbonyl (C=O) groups is 1. The predicted octanol–water partition coefficient (Wildman–Crippen LogP) is 5.34. The largest absolute Gasteiger partial charge is 0.327 e. The van der Waals surface area contributed by atoms with E-state index >= 15 is 0 Å². The number of aryl methyl sites for hydroxylation is 2. The summed E-state index contributed by atoms with van der Waals surface area (Å²) in [6.45, 7) is 4.35. The SMILES string of the molecule is Cc1ccc(C)c(C=CC(=O)N(Cc2ccc(F)cc2F)Cc2nncn2Cc2ccc(C#N)cc2)c1. The van der Waals surface area contributed by atoms with Crippen molar-refractivity contribution in [2.45, 2.75) is 33.5 Å². The Balaban J connectivity index is 1.60. The minimum absolute atomic E-state index is 0.0586. The van der Waals surface area contributed by atoms with Gasteiger partial charge in [-0.15, -0.1) is 10.2 Å². The maximum Gasteiger partial charge on any atom is 0.247 e. The number of benzene rings is 3. The molecule has 0 saturated heterocycles. The third-order valence-electron chi connectivity index (χ3n) is 5.99. The van der Waals surface area contributed by atoms with Gasteiger partial charge in [0.25, 0.3) is 0 Å². The number of carbonyl (C=O) groups excluding carboxylic acids is 1. The number of halogens is 2. The second-order valence-electron chi connectivity index (χ2n) is 8.81. The maximum absolute atomic E-state index is 14.5. The van der Waals surface area contributed by atoms with Gasteiger partial charge in [0, 0.05) is 24.3 Å². The van der Waals surface area contributed by atoms with Gasteiger partial charge in [-0.2, -0.15) is 5.26 Å². The first-order chi connectivity index (χ1) is 17.8. The number of nitriles is 1. The van der Waals surface area contributed by atoms with E-state index in [-0.39, 0.29) is 24.6 Å². The van der Waals surface area contributed by atoms with Crippen molar-refractivity contribution in [3.05, 3.63) is 124 Å². The molecule has 1 amide bonds. The van der Waals surface area contributed by atoms with E-state index in [1.807, 2.05) is 44.2 Å². The summed E-state index contributed by atoms with van der Waals surface area (Å²) < 4.78 is 29.7. The quantitative estimate of drug-likeness (QED) is 0.308. The Labute approximate surface area is 214 Å². The van der Waals surface area contributed by atoms with E-state index in [0.29, 0.717) is 17.9 Å². The molecule has 4 rings (SSSR count). The van der Waals surface area contributed by atoms with Gasteiger partial charge in [0.2, 0.25) is 5.91 Å². The molecule has 186 valence electrons.